The summed E-state index contributed by atoms with van der Waals surface area (Å²) in [6, 6.07) is 18.7. The SMILES string of the molecule is O=C1[C@H]2C(c3ccc(F)cc3)=NO[C@H]2C(=O)N1c1cccc2ccccc12. The Morgan fingerprint density at radius 1 is 0.889 bits per heavy atom. The molecular formula is C21H13FN2O3. The molecule has 5 rings (SSSR count). The van der Waals surface area contributed by atoms with Gasteiger partial charge >= 0.3 is 0 Å². The van der Waals surface area contributed by atoms with Crippen molar-refractivity contribution in [3.05, 3.63) is 78.1 Å². The number of amides is 2. The zero-order valence-corrected chi connectivity index (χ0v) is 14.0. The number of carbonyl (C=O) groups is 2. The van der Waals surface area contributed by atoms with Crippen molar-refractivity contribution in [3.63, 3.8) is 0 Å². The van der Waals surface area contributed by atoms with E-state index in [9.17, 15) is 14.0 Å². The molecular weight excluding hydrogens is 347 g/mol. The summed E-state index contributed by atoms with van der Waals surface area (Å²) in [6.07, 6.45) is -0.989. The van der Waals surface area contributed by atoms with Crippen LogP contribution < -0.4 is 4.90 Å². The molecule has 0 N–H and O–H groups in total. The Bertz CT molecular complexity index is 1120. The van der Waals surface area contributed by atoms with Crippen LogP contribution in [0, 0.1) is 11.7 Å². The largest absolute Gasteiger partial charge is 0.381 e. The molecule has 3 aromatic carbocycles. The van der Waals surface area contributed by atoms with Crippen molar-refractivity contribution in [3.8, 4) is 0 Å². The first kappa shape index (κ1) is 15.7. The predicted molar refractivity (Wildman–Crippen MR) is 97.7 cm³/mol. The maximum absolute atomic E-state index is 13.2. The van der Waals surface area contributed by atoms with Gasteiger partial charge in [-0.2, -0.15) is 0 Å². The molecule has 2 atom stereocenters. The Morgan fingerprint density at radius 3 is 2.44 bits per heavy atom. The van der Waals surface area contributed by atoms with Gasteiger partial charge in [-0.25, -0.2) is 9.29 Å². The van der Waals surface area contributed by atoms with E-state index < -0.39 is 17.9 Å². The van der Waals surface area contributed by atoms with Crippen LogP contribution >= 0.6 is 0 Å². The van der Waals surface area contributed by atoms with Gasteiger partial charge in [-0.15, -0.1) is 0 Å². The fourth-order valence-corrected chi connectivity index (χ4v) is 3.68. The number of anilines is 1. The highest BCUT2D eigenvalue weighted by Crippen LogP contribution is 2.37. The van der Waals surface area contributed by atoms with Crippen LogP contribution in [0.4, 0.5) is 10.1 Å². The summed E-state index contributed by atoms with van der Waals surface area (Å²) in [7, 11) is 0. The summed E-state index contributed by atoms with van der Waals surface area (Å²) < 4.78 is 13.2. The van der Waals surface area contributed by atoms with Crippen LogP contribution in [0.1, 0.15) is 5.56 Å². The Labute approximate surface area is 153 Å². The number of hydrogen-bond donors (Lipinski definition) is 0. The highest BCUT2D eigenvalue weighted by molar-refractivity contribution is 6.33. The zero-order chi connectivity index (χ0) is 18.5. The quantitative estimate of drug-likeness (QED) is 0.659. The highest BCUT2D eigenvalue weighted by Gasteiger charge is 2.56. The van der Waals surface area contributed by atoms with Crippen LogP contribution in [0.3, 0.4) is 0 Å². The molecule has 0 aliphatic carbocycles. The molecule has 0 bridgehead atoms. The van der Waals surface area contributed by atoms with Gasteiger partial charge in [-0.05, 0) is 23.6 Å². The van der Waals surface area contributed by atoms with Crippen LogP contribution in [-0.2, 0) is 14.4 Å². The zero-order valence-electron chi connectivity index (χ0n) is 14.0. The Kier molecular flexibility index (Phi) is 3.33. The van der Waals surface area contributed by atoms with E-state index in [1.807, 2.05) is 36.4 Å². The Morgan fingerprint density at radius 2 is 1.63 bits per heavy atom. The van der Waals surface area contributed by atoms with Gasteiger partial charge < -0.3 is 4.84 Å². The van der Waals surface area contributed by atoms with Crippen LogP contribution in [0.2, 0.25) is 0 Å². The van der Waals surface area contributed by atoms with Crippen molar-refractivity contribution in [1.29, 1.82) is 0 Å². The van der Waals surface area contributed by atoms with Crippen molar-refractivity contribution < 1.29 is 18.8 Å². The monoisotopic (exact) mass is 360 g/mol. The average molecular weight is 360 g/mol. The fraction of sp³-hybridized carbons (Fsp3) is 0.0952. The lowest BCUT2D eigenvalue weighted by Gasteiger charge is -2.17. The number of nitrogens with zero attached hydrogens (tertiary/aromatic N) is 2. The van der Waals surface area contributed by atoms with Crippen LogP contribution in [0.15, 0.2) is 71.9 Å². The van der Waals surface area contributed by atoms with Gasteiger partial charge in [-0.1, -0.05) is 53.7 Å². The van der Waals surface area contributed by atoms with Crippen LogP contribution in [0.25, 0.3) is 10.8 Å². The molecule has 2 amide bonds. The van der Waals surface area contributed by atoms with E-state index >= 15 is 0 Å². The minimum absolute atomic E-state index is 0.348. The lowest BCUT2D eigenvalue weighted by Crippen LogP contribution is -2.33. The number of rotatable bonds is 2. The molecule has 0 unspecified atom stereocenters. The number of carbonyl (C=O) groups excluding carboxylic acids is 2. The molecule has 0 spiro atoms. The lowest BCUT2D eigenvalue weighted by atomic mass is 9.94. The van der Waals surface area contributed by atoms with E-state index in [0.717, 1.165) is 10.8 Å². The molecule has 0 saturated carbocycles. The van der Waals surface area contributed by atoms with Gasteiger partial charge in [0.2, 0.25) is 12.0 Å². The summed E-state index contributed by atoms with van der Waals surface area (Å²) in [6.45, 7) is 0. The van der Waals surface area contributed by atoms with Gasteiger partial charge in [0.15, 0.2) is 0 Å². The molecule has 27 heavy (non-hydrogen) atoms. The van der Waals surface area contributed by atoms with Gasteiger partial charge in [-0.3, -0.25) is 9.59 Å². The molecule has 0 aromatic heterocycles. The summed E-state index contributed by atoms with van der Waals surface area (Å²) in [5.74, 6) is -2.05. The molecule has 0 radical (unpaired) electrons. The smallest absolute Gasteiger partial charge is 0.278 e. The summed E-state index contributed by atoms with van der Waals surface area (Å²) in [5, 5.41) is 5.68. The summed E-state index contributed by atoms with van der Waals surface area (Å²) >= 11 is 0. The fourth-order valence-electron chi connectivity index (χ4n) is 3.68. The standard InChI is InChI=1S/C21H13FN2O3/c22-14-10-8-13(9-11-14)18-17-19(27-23-18)21(26)24(20(17)25)16-7-3-5-12-4-1-2-6-15(12)16/h1-11,17,19H/t17-,19+/m0/s1. The molecule has 2 aliphatic heterocycles. The topological polar surface area (TPSA) is 59.0 Å². The Balaban J connectivity index is 1.58. The molecule has 2 aliphatic rings. The third-order valence-corrected chi connectivity index (χ3v) is 4.96. The van der Waals surface area contributed by atoms with E-state index in [2.05, 4.69) is 5.16 Å². The molecule has 2 heterocycles. The maximum Gasteiger partial charge on any atom is 0.278 e. The van der Waals surface area contributed by atoms with Gasteiger partial charge in [0.05, 0.1) is 5.69 Å². The molecule has 1 fully saturated rings. The van der Waals surface area contributed by atoms with Gasteiger partial charge in [0.1, 0.15) is 17.4 Å². The van der Waals surface area contributed by atoms with E-state index in [4.69, 9.17) is 4.84 Å². The van der Waals surface area contributed by atoms with Crippen LogP contribution in [-0.4, -0.2) is 23.6 Å². The summed E-state index contributed by atoms with van der Waals surface area (Å²) in [5.41, 5.74) is 1.44. The molecule has 5 nitrogen and oxygen atoms in total. The van der Waals surface area contributed by atoms with E-state index in [-0.39, 0.29) is 11.7 Å². The second-order valence-corrected chi connectivity index (χ2v) is 6.50. The number of benzene rings is 3. The van der Waals surface area contributed by atoms with E-state index in [1.54, 1.807) is 6.07 Å². The number of halogens is 1. The number of imide groups is 1. The lowest BCUT2D eigenvalue weighted by molar-refractivity contribution is -0.126. The molecule has 1 saturated heterocycles. The number of hydrogen-bond acceptors (Lipinski definition) is 4. The third kappa shape index (κ3) is 2.26. The second kappa shape index (κ2) is 5.74. The summed E-state index contributed by atoms with van der Waals surface area (Å²) in [4.78, 5) is 32.6. The van der Waals surface area contributed by atoms with Crippen molar-refractivity contribution in [2.24, 2.45) is 11.1 Å². The van der Waals surface area contributed by atoms with E-state index in [0.29, 0.717) is 17.0 Å². The average Bonchev–Trinajstić information content (AvgIpc) is 3.23. The number of fused-ring (bicyclic) bond motifs is 2. The third-order valence-electron chi connectivity index (χ3n) is 4.96. The first-order valence-corrected chi connectivity index (χ1v) is 8.50. The number of oxime groups is 1. The van der Waals surface area contributed by atoms with Crippen molar-refractivity contribution in [1.82, 2.24) is 0 Å². The van der Waals surface area contributed by atoms with Crippen molar-refractivity contribution in [2.75, 3.05) is 4.90 Å². The molecule has 132 valence electrons. The Hall–Kier alpha value is -3.54. The van der Waals surface area contributed by atoms with Crippen molar-refractivity contribution in [2.45, 2.75) is 6.10 Å². The minimum Gasteiger partial charge on any atom is -0.381 e. The minimum atomic E-state index is -0.989. The van der Waals surface area contributed by atoms with Gasteiger partial charge in [0, 0.05) is 10.9 Å². The second-order valence-electron chi connectivity index (χ2n) is 6.50. The molecule has 3 aromatic rings. The molecule has 6 heteroatoms. The first-order valence-electron chi connectivity index (χ1n) is 8.50. The van der Waals surface area contributed by atoms with Crippen molar-refractivity contribution >= 4 is 34.0 Å². The normalized spacial score (nSPS) is 21.4. The maximum atomic E-state index is 13.2. The highest BCUT2D eigenvalue weighted by atomic mass is 19.1. The van der Waals surface area contributed by atoms with Crippen LogP contribution in [0.5, 0.6) is 0 Å². The van der Waals surface area contributed by atoms with E-state index in [1.165, 1.54) is 29.2 Å². The predicted octanol–water partition coefficient (Wildman–Crippen LogP) is 3.27. The first-order chi connectivity index (χ1) is 13.1. The van der Waals surface area contributed by atoms with Gasteiger partial charge in [0.25, 0.3) is 5.91 Å².